The van der Waals surface area contributed by atoms with E-state index in [1.54, 1.807) is 0 Å². The molecule has 2 unspecified atom stereocenters. The molecule has 2 aliphatic rings. The molecular weight excluding hydrogens is 436 g/mol. The Labute approximate surface area is 215 Å². The number of piperidine rings is 1. The first-order valence-electron chi connectivity index (χ1n) is 13.9. The lowest BCUT2D eigenvalue weighted by Gasteiger charge is -2.44. The molecule has 1 heterocycles. The summed E-state index contributed by atoms with van der Waals surface area (Å²) in [7, 11) is 0. The van der Waals surface area contributed by atoms with Gasteiger partial charge in [0.1, 0.15) is 5.54 Å². The normalized spacial score (nSPS) is 20.9. The molecule has 0 amide bonds. The summed E-state index contributed by atoms with van der Waals surface area (Å²) >= 11 is 0. The number of benzene rings is 1. The van der Waals surface area contributed by atoms with E-state index in [0.29, 0.717) is 12.5 Å². The van der Waals surface area contributed by atoms with Crippen molar-refractivity contribution in [1.29, 1.82) is 0 Å². The zero-order valence-electron chi connectivity index (χ0n) is 23.9. The highest BCUT2D eigenvalue weighted by atomic mass is 16.4. The quantitative estimate of drug-likeness (QED) is 0.419. The number of fused-ring (bicyclic) bond motifs is 1. The van der Waals surface area contributed by atoms with Crippen LogP contribution in [0.2, 0.25) is 0 Å². The summed E-state index contributed by atoms with van der Waals surface area (Å²) in [6, 6.07) is 9.31. The molecule has 1 aromatic rings. The van der Waals surface area contributed by atoms with Gasteiger partial charge in [-0.2, -0.15) is 0 Å². The molecular formula is C30H54N2O3. The fourth-order valence-electron chi connectivity index (χ4n) is 4.79. The number of aliphatic carboxylic acids is 1. The topological polar surface area (TPSA) is 86.8 Å². The second-order valence-electron chi connectivity index (χ2n) is 11.7. The summed E-state index contributed by atoms with van der Waals surface area (Å²) in [6.45, 7) is 17.7. The average Bonchev–Trinajstić information content (AvgIpc) is 2.82. The molecule has 0 saturated carbocycles. The van der Waals surface area contributed by atoms with Crippen molar-refractivity contribution < 1.29 is 15.0 Å². The SMILES string of the molecule is CC.CC(C)(C)C(C)(C)O.CCCCC(N)(C(=O)O)C1CCN(C2CCCc3ccccc32)CC1. The van der Waals surface area contributed by atoms with Gasteiger partial charge in [-0.1, -0.05) is 78.6 Å². The number of carboxylic acid groups (broad SMARTS) is 1. The predicted molar refractivity (Wildman–Crippen MR) is 148 cm³/mol. The molecule has 3 rings (SSSR count). The summed E-state index contributed by atoms with van der Waals surface area (Å²) in [4.78, 5) is 14.4. The monoisotopic (exact) mass is 490 g/mol. The number of nitrogens with zero attached hydrogens (tertiary/aromatic N) is 1. The van der Waals surface area contributed by atoms with E-state index in [9.17, 15) is 15.0 Å². The zero-order valence-corrected chi connectivity index (χ0v) is 23.9. The van der Waals surface area contributed by atoms with Crippen LogP contribution in [-0.4, -0.2) is 45.3 Å². The number of nitrogens with two attached hydrogens (primary N) is 1. The first-order chi connectivity index (χ1) is 16.3. The maximum Gasteiger partial charge on any atom is 0.323 e. The van der Waals surface area contributed by atoms with Crippen LogP contribution in [-0.2, 0) is 11.2 Å². The van der Waals surface area contributed by atoms with E-state index < -0.39 is 17.1 Å². The average molecular weight is 491 g/mol. The maximum absolute atomic E-state index is 11.8. The molecule has 4 N–H and O–H groups in total. The molecule has 35 heavy (non-hydrogen) atoms. The first kappa shape index (κ1) is 31.6. The second kappa shape index (κ2) is 13.8. The van der Waals surface area contributed by atoms with Gasteiger partial charge in [0.2, 0.25) is 0 Å². The standard InChI is InChI=1S/C21H32N2O2.C7H16O.C2H6/c1-2-3-13-21(22,20(24)25)17-11-14-23(15-12-17)19-10-6-8-16-7-4-5-9-18(16)19;1-6(2,3)7(4,5)8;1-2/h4-5,7,9,17,19H,2-3,6,8,10-15,22H2,1H3,(H,24,25);8H,1-5H3;1-2H3. The van der Waals surface area contributed by atoms with Gasteiger partial charge in [-0.15, -0.1) is 0 Å². The minimum atomic E-state index is -1.05. The van der Waals surface area contributed by atoms with Gasteiger partial charge in [-0.25, -0.2) is 0 Å². The van der Waals surface area contributed by atoms with Crippen molar-refractivity contribution in [1.82, 2.24) is 4.90 Å². The predicted octanol–water partition coefficient (Wildman–Crippen LogP) is 6.58. The number of rotatable bonds is 6. The summed E-state index contributed by atoms with van der Waals surface area (Å²) in [6.07, 6.45) is 7.90. The number of aryl methyl sites for hydroxylation is 1. The Bertz CT molecular complexity index is 746. The number of hydrogen-bond acceptors (Lipinski definition) is 4. The number of likely N-dealkylation sites (tertiary alicyclic amines) is 1. The van der Waals surface area contributed by atoms with Gasteiger partial charge in [-0.05, 0) is 87.9 Å². The van der Waals surface area contributed by atoms with Crippen LogP contribution >= 0.6 is 0 Å². The van der Waals surface area contributed by atoms with Crippen molar-refractivity contribution in [2.45, 2.75) is 124 Å². The highest BCUT2D eigenvalue weighted by Crippen LogP contribution is 2.38. The number of hydrogen-bond donors (Lipinski definition) is 3. The lowest BCUT2D eigenvalue weighted by Crippen LogP contribution is -2.57. The molecule has 1 aliphatic carbocycles. The second-order valence-corrected chi connectivity index (χ2v) is 11.7. The Kier molecular flexibility index (Phi) is 12.4. The third-order valence-electron chi connectivity index (χ3n) is 8.21. The molecule has 0 radical (unpaired) electrons. The van der Waals surface area contributed by atoms with E-state index in [1.165, 1.54) is 30.4 Å². The van der Waals surface area contributed by atoms with Gasteiger partial charge < -0.3 is 15.9 Å². The minimum absolute atomic E-state index is 0.00694. The number of carbonyl (C=O) groups is 1. The Morgan fingerprint density at radius 1 is 1.06 bits per heavy atom. The first-order valence-corrected chi connectivity index (χ1v) is 13.9. The van der Waals surface area contributed by atoms with E-state index >= 15 is 0 Å². The largest absolute Gasteiger partial charge is 0.480 e. The van der Waals surface area contributed by atoms with Crippen LogP contribution < -0.4 is 5.73 Å². The molecule has 2 atom stereocenters. The van der Waals surface area contributed by atoms with Crippen molar-refractivity contribution >= 4 is 5.97 Å². The van der Waals surface area contributed by atoms with Crippen LogP contribution in [0.1, 0.15) is 118 Å². The fourth-order valence-corrected chi connectivity index (χ4v) is 4.79. The molecule has 1 aromatic carbocycles. The smallest absolute Gasteiger partial charge is 0.323 e. The molecule has 1 saturated heterocycles. The Morgan fingerprint density at radius 2 is 1.60 bits per heavy atom. The van der Waals surface area contributed by atoms with Crippen molar-refractivity contribution in [2.75, 3.05) is 13.1 Å². The summed E-state index contributed by atoms with van der Waals surface area (Å²) in [5, 5.41) is 19.1. The van der Waals surface area contributed by atoms with Crippen LogP contribution in [0, 0.1) is 11.3 Å². The summed E-state index contributed by atoms with van der Waals surface area (Å²) in [5.41, 5.74) is 7.74. The van der Waals surface area contributed by atoms with E-state index in [-0.39, 0.29) is 11.3 Å². The molecule has 1 fully saturated rings. The van der Waals surface area contributed by atoms with E-state index in [1.807, 2.05) is 48.5 Å². The molecule has 1 aliphatic heterocycles. The lowest BCUT2D eigenvalue weighted by atomic mass is 9.74. The Morgan fingerprint density at radius 3 is 2.09 bits per heavy atom. The lowest BCUT2D eigenvalue weighted by molar-refractivity contribution is -0.147. The molecule has 5 heteroatoms. The van der Waals surface area contributed by atoms with Gasteiger partial charge in [0.15, 0.2) is 0 Å². The minimum Gasteiger partial charge on any atom is -0.480 e. The van der Waals surface area contributed by atoms with E-state index in [2.05, 4.69) is 36.1 Å². The van der Waals surface area contributed by atoms with Gasteiger partial charge in [-0.3, -0.25) is 9.69 Å². The van der Waals surface area contributed by atoms with Crippen molar-refractivity contribution in [3.05, 3.63) is 35.4 Å². The fraction of sp³-hybridized carbons (Fsp3) is 0.767. The number of unbranched alkanes of at least 4 members (excludes halogenated alkanes) is 1. The van der Waals surface area contributed by atoms with Crippen LogP contribution in [0.25, 0.3) is 0 Å². The summed E-state index contributed by atoms with van der Waals surface area (Å²) < 4.78 is 0. The van der Waals surface area contributed by atoms with Crippen molar-refractivity contribution in [3.63, 3.8) is 0 Å². The number of aliphatic hydroxyl groups is 1. The zero-order chi connectivity index (χ0) is 26.9. The Balaban J connectivity index is 0.000000523. The Hall–Kier alpha value is -1.43. The van der Waals surface area contributed by atoms with Gasteiger partial charge in [0, 0.05) is 6.04 Å². The van der Waals surface area contributed by atoms with Crippen molar-refractivity contribution in [3.8, 4) is 0 Å². The molecule has 0 bridgehead atoms. The molecule has 5 nitrogen and oxygen atoms in total. The third-order valence-corrected chi connectivity index (χ3v) is 8.21. The summed E-state index contributed by atoms with van der Waals surface area (Å²) in [5.74, 6) is -0.728. The van der Waals surface area contributed by atoms with Crippen molar-refractivity contribution in [2.24, 2.45) is 17.1 Å². The van der Waals surface area contributed by atoms with Crippen LogP contribution in [0.5, 0.6) is 0 Å². The van der Waals surface area contributed by atoms with Crippen LogP contribution in [0.15, 0.2) is 24.3 Å². The van der Waals surface area contributed by atoms with E-state index in [4.69, 9.17) is 5.73 Å². The third kappa shape index (κ3) is 8.58. The highest BCUT2D eigenvalue weighted by Gasteiger charge is 2.43. The van der Waals surface area contributed by atoms with Crippen LogP contribution in [0.4, 0.5) is 0 Å². The highest BCUT2D eigenvalue weighted by molar-refractivity contribution is 5.79. The molecule has 202 valence electrons. The van der Waals surface area contributed by atoms with Gasteiger partial charge in [0.05, 0.1) is 5.60 Å². The number of carboxylic acids is 1. The molecule has 0 aromatic heterocycles. The van der Waals surface area contributed by atoms with Gasteiger partial charge in [0.25, 0.3) is 0 Å². The maximum atomic E-state index is 11.8. The van der Waals surface area contributed by atoms with Crippen LogP contribution in [0.3, 0.4) is 0 Å². The van der Waals surface area contributed by atoms with E-state index in [0.717, 1.165) is 38.8 Å². The van der Waals surface area contributed by atoms with Gasteiger partial charge >= 0.3 is 5.97 Å². The molecule has 0 spiro atoms.